The number of fused-ring (bicyclic) bond motifs is 1. The predicted octanol–water partition coefficient (Wildman–Crippen LogP) is 3.95. The molecule has 5 nitrogen and oxygen atoms in total. The van der Waals surface area contributed by atoms with Crippen LogP contribution in [0.4, 0.5) is 10.1 Å². The third-order valence-corrected chi connectivity index (χ3v) is 5.67. The molecule has 0 saturated heterocycles. The lowest BCUT2D eigenvalue weighted by molar-refractivity contribution is -0.126. The molecular weight excluding hydrogens is 355 g/mol. The number of anilines is 1. The Bertz CT molecular complexity index is 976. The van der Waals surface area contributed by atoms with Crippen molar-refractivity contribution in [3.05, 3.63) is 59.7 Å². The van der Waals surface area contributed by atoms with Crippen LogP contribution in [0.3, 0.4) is 0 Å². The summed E-state index contributed by atoms with van der Waals surface area (Å²) < 4.78 is 13.7. The summed E-state index contributed by atoms with van der Waals surface area (Å²) in [7, 11) is 0. The van der Waals surface area contributed by atoms with Gasteiger partial charge in [-0.1, -0.05) is 18.2 Å². The van der Waals surface area contributed by atoms with E-state index in [2.05, 4.69) is 15.3 Å². The van der Waals surface area contributed by atoms with E-state index < -0.39 is 0 Å². The van der Waals surface area contributed by atoms with Crippen molar-refractivity contribution in [3.63, 3.8) is 0 Å². The Kier molecular flexibility index (Phi) is 5.28. The van der Waals surface area contributed by atoms with Crippen LogP contribution in [0.25, 0.3) is 11.0 Å². The van der Waals surface area contributed by atoms with Crippen LogP contribution in [-0.2, 0) is 17.8 Å². The first kappa shape index (κ1) is 18.5. The number of aromatic nitrogens is 2. The van der Waals surface area contributed by atoms with Crippen LogP contribution in [0.5, 0.6) is 0 Å². The van der Waals surface area contributed by atoms with Crippen molar-refractivity contribution < 1.29 is 9.18 Å². The van der Waals surface area contributed by atoms with Crippen molar-refractivity contribution in [2.24, 2.45) is 11.8 Å². The Hall–Kier alpha value is -2.89. The van der Waals surface area contributed by atoms with E-state index in [0.717, 1.165) is 54.6 Å². The number of nitrogens with zero attached hydrogens (tertiary/aromatic N) is 1. The molecule has 1 aliphatic rings. The number of hydrogen-bond donors (Lipinski definition) is 3. The molecule has 3 aromatic rings. The Morgan fingerprint density at radius 1 is 1.18 bits per heavy atom. The minimum Gasteiger partial charge on any atom is -0.399 e. The van der Waals surface area contributed by atoms with Crippen LogP contribution in [0.15, 0.2) is 42.5 Å². The quantitative estimate of drug-likeness (QED) is 0.586. The normalized spacial score (nSPS) is 19.6. The minimum absolute atomic E-state index is 0.0125. The molecule has 0 spiro atoms. The molecule has 1 aliphatic carbocycles. The van der Waals surface area contributed by atoms with Crippen LogP contribution in [-0.4, -0.2) is 15.9 Å². The lowest BCUT2D eigenvalue weighted by Gasteiger charge is -2.27. The molecule has 146 valence electrons. The third kappa shape index (κ3) is 4.16. The fraction of sp³-hybridized carbons (Fsp3) is 0.364. The number of rotatable bonds is 5. The van der Waals surface area contributed by atoms with Gasteiger partial charge in [0.2, 0.25) is 5.91 Å². The number of halogens is 1. The Labute approximate surface area is 163 Å². The number of nitrogens with two attached hydrogens (primary N) is 1. The summed E-state index contributed by atoms with van der Waals surface area (Å²) in [5.74, 6) is 1.26. The molecule has 0 atom stereocenters. The highest BCUT2D eigenvalue weighted by Crippen LogP contribution is 2.31. The maximum atomic E-state index is 13.7. The van der Waals surface area contributed by atoms with Crippen molar-refractivity contribution in [1.82, 2.24) is 15.3 Å². The molecule has 6 heteroatoms. The number of benzene rings is 2. The zero-order chi connectivity index (χ0) is 19.5. The Balaban J connectivity index is 1.27. The number of nitrogens with one attached hydrogen (secondary N) is 2. The number of imidazole rings is 1. The second kappa shape index (κ2) is 8.00. The zero-order valence-electron chi connectivity index (χ0n) is 15.7. The van der Waals surface area contributed by atoms with Gasteiger partial charge < -0.3 is 16.0 Å². The van der Waals surface area contributed by atoms with Gasteiger partial charge in [-0.15, -0.1) is 0 Å². The number of H-pyrrole nitrogens is 1. The first-order chi connectivity index (χ1) is 13.6. The van der Waals surface area contributed by atoms with Gasteiger partial charge in [0.1, 0.15) is 11.6 Å². The summed E-state index contributed by atoms with van der Waals surface area (Å²) in [6.45, 7) is 0.244. The summed E-state index contributed by atoms with van der Waals surface area (Å²) in [5, 5.41) is 2.89. The largest absolute Gasteiger partial charge is 0.399 e. The van der Waals surface area contributed by atoms with E-state index >= 15 is 0 Å². The molecule has 1 saturated carbocycles. The lowest BCUT2D eigenvalue weighted by Crippen LogP contribution is -2.33. The maximum Gasteiger partial charge on any atom is 0.223 e. The van der Waals surface area contributed by atoms with E-state index in [1.54, 1.807) is 18.2 Å². The third-order valence-electron chi connectivity index (χ3n) is 5.67. The van der Waals surface area contributed by atoms with E-state index in [-0.39, 0.29) is 24.2 Å². The first-order valence-corrected chi connectivity index (χ1v) is 9.83. The molecule has 1 fully saturated rings. The molecule has 0 bridgehead atoms. The van der Waals surface area contributed by atoms with E-state index in [1.807, 2.05) is 18.2 Å². The molecule has 1 aromatic heterocycles. The zero-order valence-corrected chi connectivity index (χ0v) is 15.7. The van der Waals surface area contributed by atoms with Gasteiger partial charge in [-0.2, -0.15) is 0 Å². The van der Waals surface area contributed by atoms with Crippen LogP contribution >= 0.6 is 0 Å². The Morgan fingerprint density at radius 3 is 2.75 bits per heavy atom. The molecule has 1 heterocycles. The van der Waals surface area contributed by atoms with Crippen LogP contribution in [0.2, 0.25) is 0 Å². The van der Waals surface area contributed by atoms with Crippen molar-refractivity contribution in [2.45, 2.75) is 38.6 Å². The second-order valence-electron chi connectivity index (χ2n) is 7.69. The summed E-state index contributed by atoms with van der Waals surface area (Å²) in [6, 6.07) is 12.2. The van der Waals surface area contributed by atoms with Gasteiger partial charge in [0.15, 0.2) is 0 Å². The van der Waals surface area contributed by atoms with Crippen LogP contribution in [0.1, 0.15) is 37.1 Å². The molecule has 0 unspecified atom stereocenters. The van der Waals surface area contributed by atoms with Gasteiger partial charge in [-0.05, 0) is 55.9 Å². The fourth-order valence-electron chi connectivity index (χ4n) is 4.05. The van der Waals surface area contributed by atoms with E-state index in [4.69, 9.17) is 5.73 Å². The van der Waals surface area contributed by atoms with Crippen molar-refractivity contribution >= 4 is 22.6 Å². The van der Waals surface area contributed by atoms with Gasteiger partial charge in [0.25, 0.3) is 0 Å². The Morgan fingerprint density at radius 2 is 1.96 bits per heavy atom. The van der Waals surface area contributed by atoms with E-state index in [0.29, 0.717) is 11.5 Å². The van der Waals surface area contributed by atoms with Crippen molar-refractivity contribution in [2.75, 3.05) is 5.73 Å². The van der Waals surface area contributed by atoms with Gasteiger partial charge in [0.05, 0.1) is 11.0 Å². The highest BCUT2D eigenvalue weighted by atomic mass is 19.1. The average Bonchev–Trinajstić information content (AvgIpc) is 3.09. The summed E-state index contributed by atoms with van der Waals surface area (Å²) in [6.07, 6.45) is 4.61. The van der Waals surface area contributed by atoms with Gasteiger partial charge in [-0.3, -0.25) is 4.79 Å². The number of carbonyl (C=O) groups is 1. The van der Waals surface area contributed by atoms with E-state index in [9.17, 15) is 9.18 Å². The molecule has 28 heavy (non-hydrogen) atoms. The highest BCUT2D eigenvalue weighted by Gasteiger charge is 2.27. The number of hydrogen-bond acceptors (Lipinski definition) is 3. The molecular formula is C22H25FN4O. The fourth-order valence-corrected chi connectivity index (χ4v) is 4.05. The standard InChI is InChI=1S/C22H25FN4O/c23-18-4-2-1-3-16(18)13-25-22(28)15-7-5-14(6-8-15)11-21-26-19-10-9-17(24)12-20(19)27-21/h1-4,9-10,12,14-15H,5-8,11,13,24H2,(H,25,28)(H,26,27). The average molecular weight is 380 g/mol. The van der Waals surface area contributed by atoms with Gasteiger partial charge in [-0.25, -0.2) is 9.37 Å². The smallest absolute Gasteiger partial charge is 0.223 e. The van der Waals surface area contributed by atoms with Crippen molar-refractivity contribution in [1.29, 1.82) is 0 Å². The minimum atomic E-state index is -0.279. The van der Waals surface area contributed by atoms with Crippen LogP contribution < -0.4 is 11.1 Å². The van der Waals surface area contributed by atoms with Crippen molar-refractivity contribution in [3.8, 4) is 0 Å². The number of carbonyl (C=O) groups excluding carboxylic acids is 1. The second-order valence-corrected chi connectivity index (χ2v) is 7.69. The number of aromatic amines is 1. The van der Waals surface area contributed by atoms with Crippen LogP contribution in [0, 0.1) is 17.7 Å². The number of amides is 1. The molecule has 1 amide bonds. The van der Waals surface area contributed by atoms with E-state index in [1.165, 1.54) is 6.07 Å². The molecule has 0 radical (unpaired) electrons. The van der Waals surface area contributed by atoms with Gasteiger partial charge >= 0.3 is 0 Å². The molecule has 0 aliphatic heterocycles. The predicted molar refractivity (Wildman–Crippen MR) is 108 cm³/mol. The molecule has 4 N–H and O–H groups in total. The highest BCUT2D eigenvalue weighted by molar-refractivity contribution is 5.79. The molecule has 2 aromatic carbocycles. The summed E-state index contributed by atoms with van der Waals surface area (Å²) >= 11 is 0. The monoisotopic (exact) mass is 380 g/mol. The van der Waals surface area contributed by atoms with Gasteiger partial charge in [0, 0.05) is 30.1 Å². The SMILES string of the molecule is Nc1ccc2nc(CC3CCC(C(=O)NCc4ccccc4F)CC3)[nH]c2c1. The summed E-state index contributed by atoms with van der Waals surface area (Å²) in [4.78, 5) is 20.4. The molecule has 4 rings (SSSR count). The maximum absolute atomic E-state index is 13.7. The number of nitrogen functional groups attached to an aromatic ring is 1. The lowest BCUT2D eigenvalue weighted by atomic mass is 9.80. The topological polar surface area (TPSA) is 83.8 Å². The summed E-state index contributed by atoms with van der Waals surface area (Å²) in [5.41, 5.74) is 8.98. The first-order valence-electron chi connectivity index (χ1n) is 9.83.